The molecular weight excluding hydrogens is 452 g/mol. The molecule has 0 aliphatic rings. The van der Waals surface area contributed by atoms with E-state index in [2.05, 4.69) is 15.5 Å². The molecule has 0 atom stereocenters. The number of sulfonamides is 1. The fourth-order valence-electron chi connectivity index (χ4n) is 2.76. The van der Waals surface area contributed by atoms with Crippen LogP contribution < -0.4 is 14.5 Å². The molecule has 2 aromatic carbocycles. The first kappa shape index (κ1) is 23.2. The molecular formula is C22H21ClN4O4S. The highest BCUT2D eigenvalue weighted by molar-refractivity contribution is 7.92. The van der Waals surface area contributed by atoms with Crippen LogP contribution in [0.3, 0.4) is 0 Å². The van der Waals surface area contributed by atoms with Gasteiger partial charge in [0.2, 0.25) is 0 Å². The summed E-state index contributed by atoms with van der Waals surface area (Å²) in [6, 6.07) is 14.3. The molecule has 3 aromatic rings. The molecule has 0 saturated carbocycles. The molecule has 0 aliphatic heterocycles. The Morgan fingerprint density at radius 2 is 1.97 bits per heavy atom. The van der Waals surface area contributed by atoms with Gasteiger partial charge in [-0.15, -0.1) is 0 Å². The highest BCUT2D eigenvalue weighted by Gasteiger charge is 2.27. The highest BCUT2D eigenvalue weighted by Crippen LogP contribution is 2.31. The molecule has 1 N–H and O–H groups in total. The van der Waals surface area contributed by atoms with Crippen molar-refractivity contribution >= 4 is 39.4 Å². The molecule has 0 fully saturated rings. The summed E-state index contributed by atoms with van der Waals surface area (Å²) in [5.41, 5.74) is 4.14. The normalized spacial score (nSPS) is 11.3. The van der Waals surface area contributed by atoms with E-state index < -0.39 is 22.5 Å². The van der Waals surface area contributed by atoms with Gasteiger partial charge in [-0.1, -0.05) is 35.4 Å². The fourth-order valence-corrected chi connectivity index (χ4v) is 4.42. The van der Waals surface area contributed by atoms with Crippen LogP contribution in [-0.4, -0.2) is 39.2 Å². The van der Waals surface area contributed by atoms with Gasteiger partial charge in [0.25, 0.3) is 15.9 Å². The number of hydrazone groups is 1. The van der Waals surface area contributed by atoms with Crippen LogP contribution in [0, 0.1) is 6.92 Å². The maximum Gasteiger partial charge on any atom is 0.264 e. The van der Waals surface area contributed by atoms with Gasteiger partial charge in [-0.3, -0.25) is 14.1 Å². The van der Waals surface area contributed by atoms with Gasteiger partial charge < -0.3 is 4.74 Å². The second kappa shape index (κ2) is 10.3. The van der Waals surface area contributed by atoms with E-state index in [4.69, 9.17) is 16.3 Å². The van der Waals surface area contributed by atoms with Crippen molar-refractivity contribution in [1.29, 1.82) is 0 Å². The van der Waals surface area contributed by atoms with Gasteiger partial charge in [0.15, 0.2) is 0 Å². The Kier molecular flexibility index (Phi) is 7.45. The van der Waals surface area contributed by atoms with Gasteiger partial charge in [0, 0.05) is 18.0 Å². The average Bonchev–Trinajstić information content (AvgIpc) is 2.78. The zero-order chi connectivity index (χ0) is 23.1. The Labute approximate surface area is 191 Å². The third kappa shape index (κ3) is 5.63. The monoisotopic (exact) mass is 472 g/mol. The lowest BCUT2D eigenvalue weighted by molar-refractivity contribution is -0.119. The Bertz CT molecular complexity index is 1220. The number of benzene rings is 2. The molecule has 3 rings (SSSR count). The third-order valence-corrected chi connectivity index (χ3v) is 6.49. The Balaban J connectivity index is 1.89. The Morgan fingerprint density at radius 3 is 2.59 bits per heavy atom. The average molecular weight is 473 g/mol. The van der Waals surface area contributed by atoms with Crippen LogP contribution in [0.1, 0.15) is 11.1 Å². The SMILES string of the molecule is COc1ccc(N(CC(=O)N/N=C\c2cccnc2)S(=O)(=O)c2ccc(C)cc2)cc1Cl. The number of hydrogen-bond acceptors (Lipinski definition) is 6. The van der Waals surface area contributed by atoms with E-state index in [0.717, 1.165) is 9.87 Å². The van der Waals surface area contributed by atoms with E-state index in [1.165, 1.54) is 43.7 Å². The van der Waals surface area contributed by atoms with Gasteiger partial charge in [-0.2, -0.15) is 5.10 Å². The number of methoxy groups -OCH3 is 1. The fraction of sp³-hybridized carbons (Fsp3) is 0.136. The number of carbonyl (C=O) groups excluding carboxylic acids is 1. The molecule has 8 nitrogen and oxygen atoms in total. The smallest absolute Gasteiger partial charge is 0.264 e. The number of nitrogens with zero attached hydrogens (tertiary/aromatic N) is 3. The molecule has 0 bridgehead atoms. The van der Waals surface area contributed by atoms with Crippen molar-refractivity contribution in [2.24, 2.45) is 5.10 Å². The molecule has 32 heavy (non-hydrogen) atoms. The van der Waals surface area contributed by atoms with Crippen molar-refractivity contribution in [3.8, 4) is 5.75 Å². The number of rotatable bonds is 8. The first-order valence-electron chi connectivity index (χ1n) is 9.46. The van der Waals surface area contributed by atoms with Crippen molar-refractivity contribution in [2.75, 3.05) is 18.0 Å². The molecule has 0 aliphatic carbocycles. The molecule has 1 aromatic heterocycles. The van der Waals surface area contributed by atoms with Crippen LogP contribution >= 0.6 is 11.6 Å². The summed E-state index contributed by atoms with van der Waals surface area (Å²) in [6.45, 7) is 1.34. The standard InChI is InChI=1S/C22H21ClN4O4S/c1-16-5-8-19(9-6-16)32(29,30)27(18-7-10-21(31-2)20(23)12-18)15-22(28)26-25-14-17-4-3-11-24-13-17/h3-14H,15H2,1-2H3,(H,26,28)/b25-14-. The van der Waals surface area contributed by atoms with E-state index in [-0.39, 0.29) is 15.6 Å². The van der Waals surface area contributed by atoms with Crippen LogP contribution in [-0.2, 0) is 14.8 Å². The molecule has 0 radical (unpaired) electrons. The highest BCUT2D eigenvalue weighted by atomic mass is 35.5. The van der Waals surface area contributed by atoms with E-state index in [9.17, 15) is 13.2 Å². The minimum Gasteiger partial charge on any atom is -0.495 e. The summed E-state index contributed by atoms with van der Waals surface area (Å²) in [5.74, 6) is -0.249. The number of ether oxygens (including phenoxy) is 1. The van der Waals surface area contributed by atoms with Crippen molar-refractivity contribution in [3.05, 3.63) is 83.1 Å². The maximum absolute atomic E-state index is 13.4. The van der Waals surface area contributed by atoms with Crippen LogP contribution in [0.5, 0.6) is 5.75 Å². The second-order valence-electron chi connectivity index (χ2n) is 6.72. The number of aryl methyl sites for hydroxylation is 1. The number of nitrogens with one attached hydrogen (secondary N) is 1. The van der Waals surface area contributed by atoms with Crippen LogP contribution in [0.15, 0.2) is 77.0 Å². The summed E-state index contributed by atoms with van der Waals surface area (Å²) in [4.78, 5) is 16.5. The molecule has 0 spiro atoms. The minimum atomic E-state index is -4.07. The summed E-state index contributed by atoms with van der Waals surface area (Å²) in [5, 5.41) is 4.08. The van der Waals surface area contributed by atoms with Crippen LogP contribution in [0.25, 0.3) is 0 Å². The lowest BCUT2D eigenvalue weighted by atomic mass is 10.2. The molecule has 10 heteroatoms. The van der Waals surface area contributed by atoms with E-state index in [1.807, 2.05) is 6.92 Å². The first-order chi connectivity index (χ1) is 15.3. The third-order valence-electron chi connectivity index (χ3n) is 4.41. The largest absolute Gasteiger partial charge is 0.495 e. The topological polar surface area (TPSA) is 101 Å². The quantitative estimate of drug-likeness (QED) is 0.400. The number of carbonyl (C=O) groups is 1. The van der Waals surface area contributed by atoms with Crippen molar-refractivity contribution < 1.29 is 17.9 Å². The van der Waals surface area contributed by atoms with Crippen molar-refractivity contribution in [3.63, 3.8) is 0 Å². The lowest BCUT2D eigenvalue weighted by Gasteiger charge is -2.24. The van der Waals surface area contributed by atoms with Gasteiger partial charge in [-0.05, 0) is 43.3 Å². The number of pyridine rings is 1. The predicted octanol–water partition coefficient (Wildman–Crippen LogP) is 3.40. The van der Waals surface area contributed by atoms with Crippen LogP contribution in [0.2, 0.25) is 5.02 Å². The van der Waals surface area contributed by atoms with Crippen molar-refractivity contribution in [1.82, 2.24) is 10.4 Å². The summed E-state index contributed by atoms with van der Waals surface area (Å²) in [7, 11) is -2.61. The number of amides is 1. The van der Waals surface area contributed by atoms with Gasteiger partial charge >= 0.3 is 0 Å². The van der Waals surface area contributed by atoms with Crippen molar-refractivity contribution in [2.45, 2.75) is 11.8 Å². The van der Waals surface area contributed by atoms with E-state index in [0.29, 0.717) is 11.3 Å². The molecule has 0 unspecified atom stereocenters. The lowest BCUT2D eigenvalue weighted by Crippen LogP contribution is -2.39. The first-order valence-corrected chi connectivity index (χ1v) is 11.3. The number of halogens is 1. The Hall–Kier alpha value is -3.43. The minimum absolute atomic E-state index is 0.0432. The number of aromatic nitrogens is 1. The summed E-state index contributed by atoms with van der Waals surface area (Å²) in [6.07, 6.45) is 4.60. The summed E-state index contributed by atoms with van der Waals surface area (Å²) < 4.78 is 32.8. The number of hydrogen-bond donors (Lipinski definition) is 1. The summed E-state index contributed by atoms with van der Waals surface area (Å²) >= 11 is 6.20. The maximum atomic E-state index is 13.4. The predicted molar refractivity (Wildman–Crippen MR) is 124 cm³/mol. The molecule has 0 saturated heterocycles. The van der Waals surface area contributed by atoms with E-state index >= 15 is 0 Å². The zero-order valence-corrected chi connectivity index (χ0v) is 19.0. The van der Waals surface area contributed by atoms with Gasteiger partial charge in [0.1, 0.15) is 12.3 Å². The van der Waals surface area contributed by atoms with Gasteiger partial charge in [-0.25, -0.2) is 13.8 Å². The number of anilines is 1. The van der Waals surface area contributed by atoms with Crippen LogP contribution in [0.4, 0.5) is 5.69 Å². The zero-order valence-electron chi connectivity index (χ0n) is 17.4. The van der Waals surface area contributed by atoms with Gasteiger partial charge in [0.05, 0.1) is 28.9 Å². The molecule has 166 valence electrons. The second-order valence-corrected chi connectivity index (χ2v) is 8.99. The Morgan fingerprint density at radius 1 is 1.22 bits per heavy atom. The molecule has 1 amide bonds. The van der Waals surface area contributed by atoms with E-state index in [1.54, 1.807) is 36.7 Å². The molecule has 1 heterocycles.